The Hall–Kier alpha value is -2.67. The first-order valence-corrected chi connectivity index (χ1v) is 11.2. The van der Waals surface area contributed by atoms with Crippen LogP contribution in [0.3, 0.4) is 0 Å². The number of ether oxygens (including phenoxy) is 1. The van der Waals surface area contributed by atoms with Crippen molar-refractivity contribution >= 4 is 29.1 Å². The second kappa shape index (κ2) is 8.60. The summed E-state index contributed by atoms with van der Waals surface area (Å²) in [4.78, 5) is 43.0. The van der Waals surface area contributed by atoms with E-state index < -0.39 is 11.5 Å². The van der Waals surface area contributed by atoms with Crippen LogP contribution in [0.5, 0.6) is 0 Å². The lowest BCUT2D eigenvalue weighted by Crippen LogP contribution is -2.54. The van der Waals surface area contributed by atoms with Crippen LogP contribution in [-0.4, -0.2) is 60.4 Å². The van der Waals surface area contributed by atoms with Gasteiger partial charge in [0.2, 0.25) is 5.91 Å². The highest BCUT2D eigenvalue weighted by atomic mass is 32.1. The molecule has 2 aliphatic heterocycles. The van der Waals surface area contributed by atoms with Crippen molar-refractivity contribution in [3.05, 3.63) is 58.3 Å². The monoisotopic (exact) mass is 426 g/mol. The van der Waals surface area contributed by atoms with Crippen LogP contribution in [0.25, 0.3) is 0 Å². The molecule has 0 radical (unpaired) electrons. The molecule has 0 saturated carbocycles. The molecule has 0 bridgehead atoms. The van der Waals surface area contributed by atoms with Gasteiger partial charge in [-0.3, -0.25) is 14.4 Å². The molecule has 0 unspecified atom stereocenters. The predicted molar refractivity (Wildman–Crippen MR) is 114 cm³/mol. The van der Waals surface area contributed by atoms with E-state index in [4.69, 9.17) is 4.74 Å². The second-order valence-electron chi connectivity index (χ2n) is 7.90. The van der Waals surface area contributed by atoms with Crippen LogP contribution in [0.15, 0.2) is 47.8 Å². The normalized spacial score (nSPS) is 20.8. The van der Waals surface area contributed by atoms with Crippen LogP contribution in [0.4, 0.5) is 0 Å². The largest absolute Gasteiger partial charge is 0.468 e. The Morgan fingerprint density at radius 2 is 1.77 bits per heavy atom. The minimum atomic E-state index is -0.727. The molecule has 30 heavy (non-hydrogen) atoms. The number of likely N-dealkylation sites (tertiary alicyclic amines) is 2. The van der Waals surface area contributed by atoms with Gasteiger partial charge in [0.05, 0.1) is 17.4 Å². The van der Waals surface area contributed by atoms with E-state index in [0.717, 1.165) is 12.0 Å². The zero-order valence-electron chi connectivity index (χ0n) is 17.1. The van der Waals surface area contributed by atoms with E-state index in [-0.39, 0.29) is 17.8 Å². The number of amides is 2. The van der Waals surface area contributed by atoms with E-state index in [1.165, 1.54) is 18.4 Å². The van der Waals surface area contributed by atoms with Crippen LogP contribution in [0, 0.1) is 0 Å². The van der Waals surface area contributed by atoms with Crippen molar-refractivity contribution in [3.8, 4) is 0 Å². The maximum absolute atomic E-state index is 13.3. The van der Waals surface area contributed by atoms with Crippen LogP contribution < -0.4 is 0 Å². The van der Waals surface area contributed by atoms with E-state index in [2.05, 4.69) is 0 Å². The summed E-state index contributed by atoms with van der Waals surface area (Å²) in [7, 11) is 1.41. The van der Waals surface area contributed by atoms with Gasteiger partial charge in [-0.2, -0.15) is 0 Å². The van der Waals surface area contributed by atoms with Gasteiger partial charge >= 0.3 is 5.97 Å². The van der Waals surface area contributed by atoms with E-state index in [1.807, 2.05) is 46.7 Å². The average molecular weight is 427 g/mol. The molecule has 0 N–H and O–H groups in total. The summed E-state index contributed by atoms with van der Waals surface area (Å²) < 4.78 is 5.14. The Labute approximate surface area is 180 Å². The third kappa shape index (κ3) is 3.62. The maximum Gasteiger partial charge on any atom is 0.316 e. The van der Waals surface area contributed by atoms with Gasteiger partial charge in [-0.05, 0) is 42.7 Å². The molecule has 4 rings (SSSR count). The first kappa shape index (κ1) is 20.6. The van der Waals surface area contributed by atoms with Crippen molar-refractivity contribution in [3.63, 3.8) is 0 Å². The molecule has 2 aromatic rings. The highest BCUT2D eigenvalue weighted by Crippen LogP contribution is 2.37. The topological polar surface area (TPSA) is 66.9 Å². The number of benzene rings is 1. The molecule has 1 atom stereocenters. The summed E-state index contributed by atoms with van der Waals surface area (Å²) in [6.45, 7) is 1.55. The van der Waals surface area contributed by atoms with Gasteiger partial charge in [-0.25, -0.2) is 0 Å². The lowest BCUT2D eigenvalue weighted by atomic mass is 9.72. The molecular formula is C23H26N2O4S. The molecule has 6 nitrogen and oxygen atoms in total. The molecule has 0 aliphatic carbocycles. The fraction of sp³-hybridized carbons (Fsp3) is 0.435. The highest BCUT2D eigenvalue weighted by molar-refractivity contribution is 7.12. The predicted octanol–water partition coefficient (Wildman–Crippen LogP) is 3.09. The van der Waals surface area contributed by atoms with Gasteiger partial charge in [0.1, 0.15) is 6.04 Å². The van der Waals surface area contributed by atoms with Gasteiger partial charge in [0.25, 0.3) is 5.91 Å². The van der Waals surface area contributed by atoms with E-state index >= 15 is 0 Å². The van der Waals surface area contributed by atoms with Crippen molar-refractivity contribution in [1.82, 2.24) is 9.80 Å². The Morgan fingerprint density at radius 1 is 1.03 bits per heavy atom. The molecule has 2 amide bonds. The Balaban J connectivity index is 1.48. The second-order valence-corrected chi connectivity index (χ2v) is 8.85. The Bertz CT molecular complexity index is 905. The number of esters is 1. The van der Waals surface area contributed by atoms with Crippen LogP contribution in [0.2, 0.25) is 0 Å². The third-order valence-corrected chi connectivity index (χ3v) is 7.22. The zero-order valence-corrected chi connectivity index (χ0v) is 17.9. The number of carbonyl (C=O) groups is 3. The Kier molecular flexibility index (Phi) is 5.90. The molecule has 7 heteroatoms. The number of hydrogen-bond donors (Lipinski definition) is 0. The van der Waals surface area contributed by atoms with Crippen molar-refractivity contribution in [2.24, 2.45) is 0 Å². The number of methoxy groups -OCH3 is 1. The molecule has 2 fully saturated rings. The van der Waals surface area contributed by atoms with Crippen molar-refractivity contribution in [1.29, 1.82) is 0 Å². The summed E-state index contributed by atoms with van der Waals surface area (Å²) >= 11 is 1.40. The standard InChI is InChI=1S/C23H26N2O4S/c1-29-22(28)23(17-7-3-2-4-8-17)11-14-24(15-12-23)20(26)18-9-5-13-25(18)21(27)19-10-6-16-30-19/h2-4,6-8,10,16,18H,5,9,11-15H2,1H3/t18-/m0/s1. The van der Waals surface area contributed by atoms with Crippen molar-refractivity contribution < 1.29 is 19.1 Å². The average Bonchev–Trinajstić information content (AvgIpc) is 3.51. The number of carbonyl (C=O) groups excluding carboxylic acids is 3. The molecule has 0 spiro atoms. The molecule has 2 aliphatic rings. The highest BCUT2D eigenvalue weighted by Gasteiger charge is 2.46. The van der Waals surface area contributed by atoms with Gasteiger partial charge in [0, 0.05) is 19.6 Å². The quantitative estimate of drug-likeness (QED) is 0.705. The fourth-order valence-corrected chi connectivity index (χ4v) is 5.37. The third-order valence-electron chi connectivity index (χ3n) is 6.36. The van der Waals surface area contributed by atoms with E-state index in [1.54, 1.807) is 11.0 Å². The fourth-order valence-electron chi connectivity index (χ4n) is 4.69. The smallest absolute Gasteiger partial charge is 0.316 e. The van der Waals surface area contributed by atoms with Crippen molar-refractivity contribution in [2.45, 2.75) is 37.1 Å². The lowest BCUT2D eigenvalue weighted by Gasteiger charge is -2.41. The summed E-state index contributed by atoms with van der Waals surface area (Å²) in [5, 5.41) is 1.88. The number of nitrogens with zero attached hydrogens (tertiary/aromatic N) is 2. The van der Waals surface area contributed by atoms with Crippen LogP contribution >= 0.6 is 11.3 Å². The maximum atomic E-state index is 13.3. The molecule has 3 heterocycles. The first-order valence-electron chi connectivity index (χ1n) is 10.3. The number of hydrogen-bond acceptors (Lipinski definition) is 5. The number of rotatable bonds is 4. The van der Waals surface area contributed by atoms with Crippen molar-refractivity contribution in [2.75, 3.05) is 26.7 Å². The minimum absolute atomic E-state index is 0.0102. The molecular weight excluding hydrogens is 400 g/mol. The number of thiophene rings is 1. The Morgan fingerprint density at radius 3 is 2.40 bits per heavy atom. The summed E-state index contributed by atoms with van der Waals surface area (Å²) in [5.74, 6) is -0.328. The van der Waals surface area contributed by atoms with E-state index in [9.17, 15) is 14.4 Å². The lowest BCUT2D eigenvalue weighted by molar-refractivity contribution is -0.152. The van der Waals surface area contributed by atoms with Gasteiger partial charge in [-0.15, -0.1) is 11.3 Å². The van der Waals surface area contributed by atoms with Gasteiger partial charge < -0.3 is 14.5 Å². The van der Waals surface area contributed by atoms with Gasteiger partial charge in [-0.1, -0.05) is 36.4 Å². The summed E-state index contributed by atoms with van der Waals surface area (Å²) in [6, 6.07) is 12.9. The van der Waals surface area contributed by atoms with E-state index in [0.29, 0.717) is 43.8 Å². The zero-order chi connectivity index (χ0) is 21.1. The number of piperidine rings is 1. The molecule has 1 aromatic carbocycles. The van der Waals surface area contributed by atoms with Gasteiger partial charge in [0.15, 0.2) is 0 Å². The SMILES string of the molecule is COC(=O)C1(c2ccccc2)CCN(C(=O)[C@@H]2CCCN2C(=O)c2cccs2)CC1. The summed E-state index contributed by atoms with van der Waals surface area (Å²) in [6.07, 6.45) is 2.55. The first-order chi connectivity index (χ1) is 14.6. The molecule has 2 saturated heterocycles. The molecule has 158 valence electrons. The molecule has 1 aromatic heterocycles. The van der Waals surface area contributed by atoms with Crippen LogP contribution in [-0.2, 0) is 19.7 Å². The van der Waals surface area contributed by atoms with Crippen LogP contribution in [0.1, 0.15) is 40.9 Å². The minimum Gasteiger partial charge on any atom is -0.468 e. The summed E-state index contributed by atoms with van der Waals surface area (Å²) in [5.41, 5.74) is 0.203.